The molecule has 102 valence electrons. The van der Waals surface area contributed by atoms with Gasteiger partial charge in [0.05, 0.1) is 11.4 Å². The number of nitrogens with one attached hydrogen (secondary N) is 1. The summed E-state index contributed by atoms with van der Waals surface area (Å²) in [6.45, 7) is 3.66. The Labute approximate surface area is 106 Å². The molecule has 7 heteroatoms. The van der Waals surface area contributed by atoms with Crippen molar-refractivity contribution in [2.45, 2.75) is 38.6 Å². The van der Waals surface area contributed by atoms with E-state index in [2.05, 4.69) is 15.7 Å². The van der Waals surface area contributed by atoms with Crippen molar-refractivity contribution < 1.29 is 14.8 Å². The van der Waals surface area contributed by atoms with E-state index in [1.807, 2.05) is 6.92 Å². The Morgan fingerprint density at radius 2 is 2.33 bits per heavy atom. The third kappa shape index (κ3) is 2.23. The number of unbranched alkanes of at least 4 members (excludes halogenated alkanes) is 1. The van der Waals surface area contributed by atoms with Crippen molar-refractivity contribution in [3.8, 4) is 0 Å². The second kappa shape index (κ2) is 5.92. The molecule has 18 heavy (non-hydrogen) atoms. The fraction of sp³-hybridized carbons (Fsp3) is 0.727. The first-order chi connectivity index (χ1) is 8.54. The van der Waals surface area contributed by atoms with Gasteiger partial charge in [0.15, 0.2) is 0 Å². The first-order valence-electron chi connectivity index (χ1n) is 5.90. The van der Waals surface area contributed by atoms with E-state index < -0.39 is 5.54 Å². The Hall–Kier alpha value is -1.47. The molecule has 1 amide bonds. The molecule has 1 unspecified atom stereocenters. The van der Waals surface area contributed by atoms with E-state index in [9.17, 15) is 10.0 Å². The van der Waals surface area contributed by atoms with Crippen LogP contribution in [0, 0.1) is 0 Å². The van der Waals surface area contributed by atoms with Gasteiger partial charge >= 0.3 is 0 Å². The smallest absolute Gasteiger partial charge is 0.276 e. The van der Waals surface area contributed by atoms with Crippen LogP contribution in [-0.2, 0) is 9.63 Å². The molecule has 0 aromatic heterocycles. The van der Waals surface area contributed by atoms with Gasteiger partial charge in [-0.1, -0.05) is 18.5 Å². The molecule has 1 aliphatic heterocycles. The van der Waals surface area contributed by atoms with Crippen LogP contribution in [-0.4, -0.2) is 47.2 Å². The van der Waals surface area contributed by atoms with E-state index in [1.54, 1.807) is 14.0 Å². The number of hydroxylamine groups is 1. The zero-order valence-electron chi connectivity index (χ0n) is 11.2. The number of nitrogens with zero attached hydrogens (tertiary/aromatic N) is 3. The second-order valence-electron chi connectivity index (χ2n) is 4.20. The van der Waals surface area contributed by atoms with Gasteiger partial charge < -0.3 is 10.0 Å². The average Bonchev–Trinajstić information content (AvgIpc) is 2.60. The highest BCUT2D eigenvalue weighted by Gasteiger charge is 2.52. The van der Waals surface area contributed by atoms with Crippen molar-refractivity contribution in [1.82, 2.24) is 10.5 Å². The summed E-state index contributed by atoms with van der Waals surface area (Å²) in [5.41, 5.74) is 1.56. The topological polar surface area (TPSA) is 86.5 Å². The van der Waals surface area contributed by atoms with Crippen LogP contribution in [0.4, 0.5) is 0 Å². The van der Waals surface area contributed by atoms with E-state index in [0.29, 0.717) is 17.8 Å². The van der Waals surface area contributed by atoms with E-state index in [0.717, 1.165) is 12.8 Å². The summed E-state index contributed by atoms with van der Waals surface area (Å²) in [4.78, 5) is 16.9. The normalized spacial score (nSPS) is 24.5. The summed E-state index contributed by atoms with van der Waals surface area (Å²) in [5, 5.41) is 18.6. The van der Waals surface area contributed by atoms with Crippen molar-refractivity contribution in [3.05, 3.63) is 0 Å². The SMILES string of the molecule is CCCCC1=NN(C)C(=O)C1(NO)C(C)=NOC. The van der Waals surface area contributed by atoms with Gasteiger partial charge in [-0.15, -0.1) is 0 Å². The summed E-state index contributed by atoms with van der Waals surface area (Å²) < 4.78 is 0. The maximum atomic E-state index is 12.2. The highest BCUT2D eigenvalue weighted by Crippen LogP contribution is 2.24. The minimum atomic E-state index is -1.39. The third-order valence-electron chi connectivity index (χ3n) is 3.02. The van der Waals surface area contributed by atoms with Gasteiger partial charge in [0.2, 0.25) is 5.54 Å². The van der Waals surface area contributed by atoms with Crippen LogP contribution in [0.1, 0.15) is 33.1 Å². The Bertz CT molecular complexity index is 380. The molecule has 1 aliphatic rings. The van der Waals surface area contributed by atoms with Gasteiger partial charge in [-0.2, -0.15) is 10.6 Å². The predicted molar refractivity (Wildman–Crippen MR) is 67.5 cm³/mol. The molecule has 0 bridgehead atoms. The molecule has 0 saturated carbocycles. The van der Waals surface area contributed by atoms with Gasteiger partial charge in [0, 0.05) is 7.05 Å². The Morgan fingerprint density at radius 3 is 2.83 bits per heavy atom. The average molecular weight is 256 g/mol. The standard InChI is InChI=1S/C11H20N4O3/c1-5-6-7-9-11(14-17,8(2)13-18-4)10(16)15(3)12-9/h14,17H,5-7H2,1-4H3. The number of hydrogen-bond acceptors (Lipinski definition) is 6. The van der Waals surface area contributed by atoms with E-state index in [1.165, 1.54) is 12.1 Å². The molecule has 0 radical (unpaired) electrons. The zero-order valence-corrected chi connectivity index (χ0v) is 11.2. The fourth-order valence-corrected chi connectivity index (χ4v) is 2.01. The predicted octanol–water partition coefficient (Wildman–Crippen LogP) is 0.745. The Kier molecular flexibility index (Phi) is 4.80. The van der Waals surface area contributed by atoms with E-state index in [-0.39, 0.29) is 5.91 Å². The Balaban J connectivity index is 3.16. The van der Waals surface area contributed by atoms with Crippen LogP contribution in [0.5, 0.6) is 0 Å². The molecule has 0 aliphatic carbocycles. The van der Waals surface area contributed by atoms with Crippen LogP contribution in [0.2, 0.25) is 0 Å². The van der Waals surface area contributed by atoms with Crippen molar-refractivity contribution >= 4 is 17.3 Å². The highest BCUT2D eigenvalue weighted by atomic mass is 16.6. The van der Waals surface area contributed by atoms with E-state index >= 15 is 0 Å². The third-order valence-corrected chi connectivity index (χ3v) is 3.02. The lowest BCUT2D eigenvalue weighted by atomic mass is 9.86. The molecule has 1 heterocycles. The maximum absolute atomic E-state index is 12.2. The summed E-state index contributed by atoms with van der Waals surface area (Å²) >= 11 is 0. The van der Waals surface area contributed by atoms with Crippen molar-refractivity contribution in [2.24, 2.45) is 10.3 Å². The van der Waals surface area contributed by atoms with Gasteiger partial charge in [-0.05, 0) is 19.8 Å². The van der Waals surface area contributed by atoms with Gasteiger partial charge in [0.25, 0.3) is 5.91 Å². The van der Waals surface area contributed by atoms with Crippen LogP contribution >= 0.6 is 0 Å². The molecule has 0 fully saturated rings. The lowest BCUT2D eigenvalue weighted by molar-refractivity contribution is -0.133. The second-order valence-corrected chi connectivity index (χ2v) is 4.20. The van der Waals surface area contributed by atoms with Crippen LogP contribution < -0.4 is 5.48 Å². The molecular formula is C11H20N4O3. The molecular weight excluding hydrogens is 236 g/mol. The highest BCUT2D eigenvalue weighted by molar-refractivity contribution is 6.33. The summed E-state index contributed by atoms with van der Waals surface area (Å²) in [7, 11) is 2.94. The Morgan fingerprint density at radius 1 is 1.67 bits per heavy atom. The zero-order chi connectivity index (χ0) is 13.8. The molecule has 0 saturated heterocycles. The molecule has 0 aromatic carbocycles. The number of hydrazone groups is 1. The molecule has 7 nitrogen and oxygen atoms in total. The number of carbonyl (C=O) groups excluding carboxylic acids is 1. The number of carbonyl (C=O) groups is 1. The largest absolute Gasteiger partial charge is 0.399 e. The minimum absolute atomic E-state index is 0.330. The number of amides is 1. The van der Waals surface area contributed by atoms with Crippen LogP contribution in [0.3, 0.4) is 0 Å². The molecule has 1 rings (SSSR count). The fourth-order valence-electron chi connectivity index (χ4n) is 2.01. The van der Waals surface area contributed by atoms with E-state index in [4.69, 9.17) is 4.84 Å². The summed E-state index contributed by atoms with van der Waals surface area (Å²) in [5.74, 6) is -0.366. The molecule has 0 spiro atoms. The summed E-state index contributed by atoms with van der Waals surface area (Å²) in [6.07, 6.45) is 2.46. The first-order valence-corrected chi connectivity index (χ1v) is 5.90. The lowest BCUT2D eigenvalue weighted by Crippen LogP contribution is -2.61. The minimum Gasteiger partial charge on any atom is -0.399 e. The van der Waals surface area contributed by atoms with Crippen molar-refractivity contribution in [1.29, 1.82) is 0 Å². The first kappa shape index (κ1) is 14.6. The number of oxime groups is 1. The maximum Gasteiger partial charge on any atom is 0.276 e. The summed E-state index contributed by atoms with van der Waals surface area (Å²) in [6, 6.07) is 0. The van der Waals surface area contributed by atoms with Crippen molar-refractivity contribution in [3.63, 3.8) is 0 Å². The number of rotatable bonds is 6. The molecule has 0 aromatic rings. The van der Waals surface area contributed by atoms with Crippen LogP contribution in [0.25, 0.3) is 0 Å². The van der Waals surface area contributed by atoms with Gasteiger partial charge in [-0.25, -0.2) is 5.01 Å². The van der Waals surface area contributed by atoms with Crippen molar-refractivity contribution in [2.75, 3.05) is 14.2 Å². The molecule has 2 N–H and O–H groups in total. The monoisotopic (exact) mass is 256 g/mol. The number of likely N-dealkylation sites (N-methyl/N-ethyl adjacent to an activating group) is 1. The van der Waals surface area contributed by atoms with Gasteiger partial charge in [0.1, 0.15) is 7.11 Å². The number of hydrogen-bond donors (Lipinski definition) is 2. The quantitative estimate of drug-likeness (QED) is 0.542. The van der Waals surface area contributed by atoms with Gasteiger partial charge in [-0.3, -0.25) is 4.79 Å². The lowest BCUT2D eigenvalue weighted by Gasteiger charge is -2.26. The molecule has 1 atom stereocenters. The van der Waals surface area contributed by atoms with Crippen LogP contribution in [0.15, 0.2) is 10.3 Å².